The van der Waals surface area contributed by atoms with Crippen LogP contribution in [0.5, 0.6) is 5.75 Å². The minimum Gasteiger partial charge on any atom is -0.494 e. The molecular formula is C23H23N3O5S2. The second-order valence-electron chi connectivity index (χ2n) is 7.54. The molecular weight excluding hydrogens is 462 g/mol. The molecule has 0 atom stereocenters. The molecule has 0 aliphatic rings. The summed E-state index contributed by atoms with van der Waals surface area (Å²) in [5.41, 5.74) is 2.04. The Morgan fingerprint density at radius 2 is 1.85 bits per heavy atom. The summed E-state index contributed by atoms with van der Waals surface area (Å²) >= 11 is 1.39. The Balaban J connectivity index is 1.76. The Kier molecular flexibility index (Phi) is 6.24. The number of aryl methyl sites for hydroxylation is 1. The number of amides is 1. The third-order valence-electron chi connectivity index (χ3n) is 5.16. The van der Waals surface area contributed by atoms with E-state index in [2.05, 4.69) is 0 Å². The predicted octanol–water partition coefficient (Wildman–Crippen LogP) is 4.30. The van der Waals surface area contributed by atoms with Gasteiger partial charge >= 0.3 is 0 Å². The fraction of sp³-hybridized carbons (Fsp3) is 0.217. The number of sulfonamides is 1. The lowest BCUT2D eigenvalue weighted by Gasteiger charge is -2.19. The molecule has 4 aromatic rings. The average molecular weight is 486 g/mol. The van der Waals surface area contributed by atoms with Gasteiger partial charge in [0.25, 0.3) is 5.91 Å². The molecule has 0 fully saturated rings. The molecule has 8 nitrogen and oxygen atoms in total. The van der Waals surface area contributed by atoms with E-state index in [-0.39, 0.29) is 17.3 Å². The summed E-state index contributed by atoms with van der Waals surface area (Å²) in [4.78, 5) is 19.9. The Labute approximate surface area is 196 Å². The molecule has 2 aromatic carbocycles. The zero-order valence-corrected chi connectivity index (χ0v) is 20.2. The Bertz CT molecular complexity index is 1390. The van der Waals surface area contributed by atoms with Crippen molar-refractivity contribution in [1.29, 1.82) is 0 Å². The van der Waals surface area contributed by atoms with E-state index in [0.29, 0.717) is 27.7 Å². The zero-order valence-electron chi connectivity index (χ0n) is 18.6. The van der Waals surface area contributed by atoms with Gasteiger partial charge in [0.05, 0.1) is 29.5 Å². The topological polar surface area (TPSA) is 92.9 Å². The number of hydrogen-bond acceptors (Lipinski definition) is 7. The Morgan fingerprint density at radius 1 is 1.12 bits per heavy atom. The fourth-order valence-corrected chi connectivity index (χ4v) is 5.25. The third-order valence-corrected chi connectivity index (χ3v) is 8.21. The van der Waals surface area contributed by atoms with E-state index in [1.165, 1.54) is 54.6 Å². The molecule has 0 bridgehead atoms. The number of hydrogen-bond donors (Lipinski definition) is 0. The van der Waals surface area contributed by atoms with Gasteiger partial charge in [0.15, 0.2) is 5.13 Å². The largest absolute Gasteiger partial charge is 0.494 e. The fourth-order valence-electron chi connectivity index (χ4n) is 3.30. The summed E-state index contributed by atoms with van der Waals surface area (Å²) < 4.78 is 37.7. The molecule has 172 valence electrons. The molecule has 0 spiro atoms. The molecule has 0 aliphatic carbocycles. The quantitative estimate of drug-likeness (QED) is 0.387. The average Bonchev–Trinajstić information content (AvgIpc) is 3.48. The lowest BCUT2D eigenvalue weighted by molar-refractivity contribution is 0.0983. The van der Waals surface area contributed by atoms with Gasteiger partial charge in [0.1, 0.15) is 17.0 Å². The van der Waals surface area contributed by atoms with E-state index in [4.69, 9.17) is 14.1 Å². The number of ether oxygens (including phenoxy) is 1. The van der Waals surface area contributed by atoms with E-state index in [1.54, 1.807) is 25.5 Å². The van der Waals surface area contributed by atoms with Gasteiger partial charge in [-0.25, -0.2) is 17.7 Å². The number of furan rings is 1. The number of rotatable bonds is 7. The first-order valence-corrected chi connectivity index (χ1v) is 12.3. The molecule has 33 heavy (non-hydrogen) atoms. The van der Waals surface area contributed by atoms with E-state index in [0.717, 1.165) is 14.6 Å². The van der Waals surface area contributed by atoms with Crippen molar-refractivity contribution in [3.05, 3.63) is 71.7 Å². The van der Waals surface area contributed by atoms with Crippen LogP contribution in [0.4, 0.5) is 5.13 Å². The first kappa shape index (κ1) is 23.0. The number of thiazole rings is 1. The van der Waals surface area contributed by atoms with Crippen LogP contribution in [-0.4, -0.2) is 44.8 Å². The van der Waals surface area contributed by atoms with Crippen molar-refractivity contribution in [2.24, 2.45) is 0 Å². The smallest absolute Gasteiger partial charge is 0.260 e. The third kappa shape index (κ3) is 4.37. The number of carbonyl (C=O) groups is 1. The van der Waals surface area contributed by atoms with Gasteiger partial charge in [0.2, 0.25) is 10.0 Å². The highest BCUT2D eigenvalue weighted by Crippen LogP contribution is 2.37. The Morgan fingerprint density at radius 3 is 2.45 bits per heavy atom. The number of fused-ring (bicyclic) bond motifs is 1. The maximum atomic E-state index is 13.5. The lowest BCUT2D eigenvalue weighted by atomic mass is 10.2. The number of benzene rings is 2. The minimum absolute atomic E-state index is 0.113. The van der Waals surface area contributed by atoms with Gasteiger partial charge < -0.3 is 9.15 Å². The molecule has 4 rings (SSSR count). The first-order valence-electron chi connectivity index (χ1n) is 10.0. The van der Waals surface area contributed by atoms with Gasteiger partial charge in [-0.2, -0.15) is 0 Å². The number of aromatic nitrogens is 1. The maximum absolute atomic E-state index is 13.5. The maximum Gasteiger partial charge on any atom is 0.260 e. The van der Waals surface area contributed by atoms with Crippen molar-refractivity contribution >= 4 is 42.6 Å². The van der Waals surface area contributed by atoms with Crippen LogP contribution in [0.2, 0.25) is 0 Å². The van der Waals surface area contributed by atoms with Crippen molar-refractivity contribution in [2.75, 3.05) is 26.1 Å². The molecule has 0 N–H and O–H groups in total. The number of nitrogens with zero attached hydrogens (tertiary/aromatic N) is 3. The molecule has 0 saturated carbocycles. The summed E-state index contributed by atoms with van der Waals surface area (Å²) in [5, 5.41) is 0.490. The summed E-state index contributed by atoms with van der Waals surface area (Å²) in [7, 11) is 0.911. The zero-order chi connectivity index (χ0) is 23.8. The highest BCUT2D eigenvalue weighted by molar-refractivity contribution is 7.89. The van der Waals surface area contributed by atoms with Gasteiger partial charge in [0, 0.05) is 19.7 Å². The Hall–Kier alpha value is -3.21. The van der Waals surface area contributed by atoms with Crippen molar-refractivity contribution < 1.29 is 22.4 Å². The highest BCUT2D eigenvalue weighted by Gasteiger charge is 2.25. The van der Waals surface area contributed by atoms with E-state index in [9.17, 15) is 13.2 Å². The monoisotopic (exact) mass is 485 g/mol. The minimum atomic E-state index is -3.59. The highest BCUT2D eigenvalue weighted by atomic mass is 32.2. The van der Waals surface area contributed by atoms with Crippen LogP contribution >= 0.6 is 11.3 Å². The van der Waals surface area contributed by atoms with Crippen LogP contribution in [0.3, 0.4) is 0 Å². The van der Waals surface area contributed by atoms with Crippen LogP contribution in [0.15, 0.2) is 64.1 Å². The van der Waals surface area contributed by atoms with Crippen molar-refractivity contribution in [2.45, 2.75) is 18.4 Å². The normalized spacial score (nSPS) is 11.8. The predicted molar refractivity (Wildman–Crippen MR) is 127 cm³/mol. The molecule has 0 radical (unpaired) electrons. The summed E-state index contributed by atoms with van der Waals surface area (Å²) in [5.74, 6) is 0.899. The van der Waals surface area contributed by atoms with Gasteiger partial charge in [-0.05, 0) is 55.0 Å². The number of carbonyl (C=O) groups excluding carboxylic acids is 1. The summed E-state index contributed by atoms with van der Waals surface area (Å²) in [6, 6.07) is 13.2. The molecule has 1 amide bonds. The van der Waals surface area contributed by atoms with Gasteiger partial charge in [-0.3, -0.25) is 9.69 Å². The molecule has 0 unspecified atom stereocenters. The van der Waals surface area contributed by atoms with E-state index < -0.39 is 10.0 Å². The first-order chi connectivity index (χ1) is 15.7. The van der Waals surface area contributed by atoms with E-state index >= 15 is 0 Å². The van der Waals surface area contributed by atoms with Crippen molar-refractivity contribution in [3.8, 4) is 5.75 Å². The van der Waals surface area contributed by atoms with Crippen molar-refractivity contribution in [1.82, 2.24) is 9.29 Å². The molecule has 2 aromatic heterocycles. The molecule has 0 aliphatic heterocycles. The second kappa shape index (κ2) is 8.97. The molecule has 2 heterocycles. The number of anilines is 1. The van der Waals surface area contributed by atoms with Crippen LogP contribution in [0.1, 0.15) is 21.7 Å². The van der Waals surface area contributed by atoms with Gasteiger partial charge in [-0.15, -0.1) is 0 Å². The van der Waals surface area contributed by atoms with Crippen LogP contribution < -0.4 is 9.64 Å². The lowest BCUT2D eigenvalue weighted by Crippen LogP contribution is -2.30. The number of methoxy groups -OCH3 is 1. The standard InChI is InChI=1S/C23H23N3O5S2/c1-15-7-12-19(30-4)20-21(15)32-23(24-20)26(14-17-6-5-13-31-17)22(27)16-8-10-18(11-9-16)33(28,29)25(2)3/h5-13H,14H2,1-4H3. The van der Waals surface area contributed by atoms with Crippen LogP contribution in [-0.2, 0) is 16.6 Å². The van der Waals surface area contributed by atoms with Gasteiger partial charge in [-0.1, -0.05) is 17.4 Å². The summed E-state index contributed by atoms with van der Waals surface area (Å²) in [6.07, 6.45) is 1.55. The molecule has 10 heteroatoms. The summed E-state index contributed by atoms with van der Waals surface area (Å²) in [6.45, 7) is 2.15. The van der Waals surface area contributed by atoms with Crippen molar-refractivity contribution in [3.63, 3.8) is 0 Å². The van der Waals surface area contributed by atoms with E-state index in [1.807, 2.05) is 19.1 Å². The van der Waals surface area contributed by atoms with Crippen LogP contribution in [0.25, 0.3) is 10.2 Å². The van der Waals surface area contributed by atoms with Crippen LogP contribution in [0, 0.1) is 6.92 Å². The molecule has 0 saturated heterocycles. The SMILES string of the molecule is COc1ccc(C)c2sc(N(Cc3ccco3)C(=O)c3ccc(S(=O)(=O)N(C)C)cc3)nc12. The second-order valence-corrected chi connectivity index (χ2v) is 10.7.